The van der Waals surface area contributed by atoms with Crippen LogP contribution in [0.25, 0.3) is 6.08 Å². The van der Waals surface area contributed by atoms with Crippen LogP contribution in [-0.2, 0) is 4.79 Å². The lowest BCUT2D eigenvalue weighted by Gasteiger charge is -2.38. The maximum absolute atomic E-state index is 12.2. The van der Waals surface area contributed by atoms with Gasteiger partial charge in [0.25, 0.3) is 5.91 Å². The van der Waals surface area contributed by atoms with Crippen molar-refractivity contribution in [1.82, 2.24) is 15.2 Å². The first-order valence-electron chi connectivity index (χ1n) is 6.54. The van der Waals surface area contributed by atoms with Crippen LogP contribution in [0.15, 0.2) is 30.2 Å². The second-order valence-corrected chi connectivity index (χ2v) is 5.24. The van der Waals surface area contributed by atoms with Gasteiger partial charge in [-0.1, -0.05) is 0 Å². The molecule has 0 radical (unpaired) electrons. The summed E-state index contributed by atoms with van der Waals surface area (Å²) in [5, 5.41) is 12.6. The Morgan fingerprint density at radius 3 is 2.65 bits per heavy atom. The molecule has 2 N–H and O–H groups in total. The topological polar surface area (TPSA) is 82.5 Å². The average molecular weight is 273 g/mol. The third kappa shape index (κ3) is 2.30. The molecule has 1 aliphatic heterocycles. The monoisotopic (exact) mass is 273 g/mol. The van der Waals surface area contributed by atoms with Crippen molar-refractivity contribution in [3.05, 3.63) is 35.8 Å². The van der Waals surface area contributed by atoms with Gasteiger partial charge >= 0.3 is 6.03 Å². The van der Waals surface area contributed by atoms with E-state index in [9.17, 15) is 14.7 Å². The minimum absolute atomic E-state index is 0.0609. The lowest BCUT2D eigenvalue weighted by molar-refractivity contribution is -0.128. The first kappa shape index (κ1) is 12.8. The smallest absolute Gasteiger partial charge is 0.329 e. The summed E-state index contributed by atoms with van der Waals surface area (Å²) in [5.41, 5.74) is 0.107. The fraction of sp³-hybridized carbons (Fsp3) is 0.357. The minimum atomic E-state index is -0.904. The lowest BCUT2D eigenvalue weighted by atomic mass is 9.80. The third-order valence-corrected chi connectivity index (χ3v) is 3.72. The van der Waals surface area contributed by atoms with E-state index in [4.69, 9.17) is 0 Å². The average Bonchev–Trinajstić information content (AvgIpc) is 2.66. The van der Waals surface area contributed by atoms with Crippen LogP contribution in [0, 0.1) is 0 Å². The summed E-state index contributed by atoms with van der Waals surface area (Å²) >= 11 is 0. The Hall–Kier alpha value is -2.21. The quantitative estimate of drug-likeness (QED) is 0.633. The zero-order chi connectivity index (χ0) is 14.2. The molecular formula is C14H15N3O3. The fourth-order valence-corrected chi connectivity index (χ4v) is 2.38. The van der Waals surface area contributed by atoms with Gasteiger partial charge in [-0.05, 0) is 43.0 Å². The van der Waals surface area contributed by atoms with Crippen molar-refractivity contribution in [3.63, 3.8) is 0 Å². The Labute approximate surface area is 116 Å². The summed E-state index contributed by atoms with van der Waals surface area (Å²) in [5.74, 6) is -0.396. The molecule has 20 heavy (non-hydrogen) atoms. The van der Waals surface area contributed by atoms with Crippen molar-refractivity contribution in [2.24, 2.45) is 0 Å². The number of hydrogen-bond acceptors (Lipinski definition) is 4. The molecule has 2 fully saturated rings. The van der Waals surface area contributed by atoms with Crippen molar-refractivity contribution in [3.8, 4) is 0 Å². The summed E-state index contributed by atoms with van der Waals surface area (Å²) in [6.07, 6.45) is 7.03. The molecule has 3 rings (SSSR count). The highest BCUT2D eigenvalue weighted by molar-refractivity contribution is 6.14. The fourth-order valence-electron chi connectivity index (χ4n) is 2.38. The van der Waals surface area contributed by atoms with Gasteiger partial charge in [0.05, 0.1) is 12.1 Å². The molecule has 0 unspecified atom stereocenters. The number of rotatable bonds is 3. The molecule has 0 spiro atoms. The van der Waals surface area contributed by atoms with Gasteiger partial charge in [-0.2, -0.15) is 0 Å². The first-order chi connectivity index (χ1) is 9.57. The highest BCUT2D eigenvalue weighted by atomic mass is 16.3. The number of nitrogens with zero attached hydrogens (tertiary/aromatic N) is 2. The molecule has 3 amide bonds. The highest BCUT2D eigenvalue weighted by Gasteiger charge is 2.43. The van der Waals surface area contributed by atoms with Crippen LogP contribution in [0.3, 0.4) is 0 Å². The molecule has 0 aromatic carbocycles. The number of amides is 3. The molecule has 1 saturated carbocycles. The number of carbonyl (C=O) groups excluding carboxylic acids is 2. The van der Waals surface area contributed by atoms with Crippen molar-refractivity contribution >= 4 is 18.0 Å². The Morgan fingerprint density at radius 2 is 2.05 bits per heavy atom. The summed E-state index contributed by atoms with van der Waals surface area (Å²) in [4.78, 5) is 29.0. The first-order valence-corrected chi connectivity index (χ1v) is 6.54. The van der Waals surface area contributed by atoms with Crippen LogP contribution < -0.4 is 5.32 Å². The number of hydrogen-bond donors (Lipinski definition) is 2. The third-order valence-electron chi connectivity index (χ3n) is 3.72. The van der Waals surface area contributed by atoms with Gasteiger partial charge in [-0.25, -0.2) is 4.79 Å². The van der Waals surface area contributed by atoms with Crippen LogP contribution in [0.1, 0.15) is 24.8 Å². The standard InChI is InChI=1S/C14H15N3O3/c18-12-11(8-10-2-6-15-7-3-10)16-13(19)17(12)9-14(20)4-1-5-14/h2-3,6-8,20H,1,4-5,9H2,(H,16,19)/b11-8-. The van der Waals surface area contributed by atoms with E-state index in [-0.39, 0.29) is 12.2 Å². The number of pyridine rings is 1. The summed E-state index contributed by atoms with van der Waals surface area (Å²) in [6, 6.07) is 3.01. The van der Waals surface area contributed by atoms with Gasteiger partial charge < -0.3 is 10.4 Å². The van der Waals surface area contributed by atoms with Gasteiger partial charge in [0.2, 0.25) is 0 Å². The van der Waals surface area contributed by atoms with E-state index in [0.717, 1.165) is 16.9 Å². The zero-order valence-corrected chi connectivity index (χ0v) is 10.9. The number of carbonyl (C=O) groups is 2. The molecule has 0 atom stereocenters. The maximum Gasteiger partial charge on any atom is 0.329 e. The van der Waals surface area contributed by atoms with Crippen LogP contribution in [0.2, 0.25) is 0 Å². The Balaban J connectivity index is 1.78. The summed E-state index contributed by atoms with van der Waals surface area (Å²) < 4.78 is 0. The predicted molar refractivity (Wildman–Crippen MR) is 71.3 cm³/mol. The highest BCUT2D eigenvalue weighted by Crippen LogP contribution is 2.33. The zero-order valence-electron chi connectivity index (χ0n) is 10.9. The maximum atomic E-state index is 12.2. The molecule has 1 aliphatic carbocycles. The second-order valence-electron chi connectivity index (χ2n) is 5.24. The van der Waals surface area contributed by atoms with Crippen LogP contribution in [-0.4, -0.2) is 39.1 Å². The largest absolute Gasteiger partial charge is 0.388 e. The molecule has 1 aromatic heterocycles. The summed E-state index contributed by atoms with van der Waals surface area (Å²) in [6.45, 7) is 0.0609. The van der Waals surface area contributed by atoms with Gasteiger partial charge in [-0.15, -0.1) is 0 Å². The van der Waals surface area contributed by atoms with Gasteiger partial charge in [0, 0.05) is 12.4 Å². The van der Waals surface area contributed by atoms with Gasteiger partial charge in [-0.3, -0.25) is 14.7 Å². The van der Waals surface area contributed by atoms with E-state index in [2.05, 4.69) is 10.3 Å². The van der Waals surface area contributed by atoms with E-state index < -0.39 is 17.5 Å². The number of β-amino-alcohol motifs (C(OH)–C–C–N with tert-alkyl or cyclic N) is 1. The SMILES string of the molecule is O=C1N/C(=C\c2ccncc2)C(=O)N1CC1(O)CCC1. The lowest BCUT2D eigenvalue weighted by Crippen LogP contribution is -2.50. The predicted octanol–water partition coefficient (Wildman–Crippen LogP) is 0.889. The molecular weight excluding hydrogens is 258 g/mol. The van der Waals surface area contributed by atoms with Gasteiger partial charge in [0.15, 0.2) is 0 Å². The summed E-state index contributed by atoms with van der Waals surface area (Å²) in [7, 11) is 0. The van der Waals surface area contributed by atoms with Crippen molar-refractivity contribution < 1.29 is 14.7 Å². The number of aliphatic hydroxyl groups is 1. The van der Waals surface area contributed by atoms with Crippen LogP contribution in [0.5, 0.6) is 0 Å². The number of imide groups is 1. The van der Waals surface area contributed by atoms with E-state index >= 15 is 0 Å². The Morgan fingerprint density at radius 1 is 1.35 bits per heavy atom. The molecule has 2 aliphatic rings. The van der Waals surface area contributed by atoms with E-state index in [1.165, 1.54) is 0 Å². The molecule has 104 valence electrons. The molecule has 6 heteroatoms. The number of urea groups is 1. The Bertz CT molecular complexity index is 579. The molecule has 6 nitrogen and oxygen atoms in total. The van der Waals surface area contributed by atoms with Crippen LogP contribution in [0.4, 0.5) is 4.79 Å². The van der Waals surface area contributed by atoms with E-state index in [1.54, 1.807) is 30.6 Å². The molecule has 1 saturated heterocycles. The molecule has 2 heterocycles. The van der Waals surface area contributed by atoms with Gasteiger partial charge in [0.1, 0.15) is 5.70 Å². The minimum Gasteiger partial charge on any atom is -0.388 e. The van der Waals surface area contributed by atoms with E-state index in [0.29, 0.717) is 12.8 Å². The normalized spacial score (nSPS) is 22.9. The molecule has 0 bridgehead atoms. The van der Waals surface area contributed by atoms with Crippen molar-refractivity contribution in [2.45, 2.75) is 24.9 Å². The second kappa shape index (κ2) is 4.72. The molecule has 1 aromatic rings. The van der Waals surface area contributed by atoms with Crippen LogP contribution >= 0.6 is 0 Å². The van der Waals surface area contributed by atoms with Crippen molar-refractivity contribution in [1.29, 1.82) is 0 Å². The van der Waals surface area contributed by atoms with E-state index in [1.807, 2.05) is 0 Å². The van der Waals surface area contributed by atoms with Crippen molar-refractivity contribution in [2.75, 3.05) is 6.54 Å². The Kier molecular flexibility index (Phi) is 3.02. The number of aromatic nitrogens is 1. The number of nitrogens with one attached hydrogen (secondary N) is 1.